The number of halogens is 4. The molecule has 1 aromatic rings. The molecule has 0 saturated heterocycles. The van der Waals surface area contributed by atoms with E-state index in [9.17, 15) is 22.4 Å². The molecular formula is C10H9F4NO. The van der Waals surface area contributed by atoms with Gasteiger partial charge in [-0.25, -0.2) is 4.39 Å². The number of Topliss-reactive ketones (excluding diaryl/α,β-unsaturated/α-hetero) is 1. The third-order valence-corrected chi connectivity index (χ3v) is 1.97. The van der Waals surface area contributed by atoms with Crippen LogP contribution in [0.3, 0.4) is 0 Å². The Kier molecular flexibility index (Phi) is 3.64. The summed E-state index contributed by atoms with van der Waals surface area (Å²) in [7, 11) is 0. The number of hydrogen-bond acceptors (Lipinski definition) is 2. The minimum absolute atomic E-state index is 0.0230. The van der Waals surface area contributed by atoms with Gasteiger partial charge in [0.05, 0.1) is 5.56 Å². The van der Waals surface area contributed by atoms with E-state index >= 15 is 0 Å². The van der Waals surface area contributed by atoms with Gasteiger partial charge in [0.15, 0.2) is 5.78 Å². The van der Waals surface area contributed by atoms with Crippen LogP contribution in [-0.2, 0) is 6.18 Å². The number of alkyl halides is 3. The van der Waals surface area contributed by atoms with Gasteiger partial charge in [-0.1, -0.05) is 6.07 Å². The highest BCUT2D eigenvalue weighted by Crippen LogP contribution is 2.31. The Morgan fingerprint density at radius 1 is 1.31 bits per heavy atom. The predicted octanol–water partition coefficient (Wildman–Crippen LogP) is 2.38. The number of ketones is 1. The first kappa shape index (κ1) is 12.6. The standard InChI is InChI=1S/C10H9F4NO/c11-8-5-6(9(16)3-4-15)1-2-7(8)10(12,13)14/h1-2,5H,3-4,15H2. The average molecular weight is 235 g/mol. The molecule has 2 N–H and O–H groups in total. The summed E-state index contributed by atoms with van der Waals surface area (Å²) in [6.45, 7) is 0.0709. The number of nitrogens with two attached hydrogens (primary N) is 1. The molecule has 0 aromatic heterocycles. The van der Waals surface area contributed by atoms with Crippen molar-refractivity contribution in [3.05, 3.63) is 35.1 Å². The van der Waals surface area contributed by atoms with Crippen LogP contribution < -0.4 is 5.73 Å². The summed E-state index contributed by atoms with van der Waals surface area (Å²) in [4.78, 5) is 11.2. The van der Waals surface area contributed by atoms with E-state index in [2.05, 4.69) is 0 Å². The summed E-state index contributed by atoms with van der Waals surface area (Å²) in [6, 6.07) is 2.09. The van der Waals surface area contributed by atoms with E-state index in [1.54, 1.807) is 0 Å². The number of carbonyl (C=O) groups is 1. The molecule has 0 aliphatic carbocycles. The number of benzene rings is 1. The van der Waals surface area contributed by atoms with E-state index in [0.717, 1.165) is 6.07 Å². The van der Waals surface area contributed by atoms with Crippen molar-refractivity contribution in [2.75, 3.05) is 6.54 Å². The van der Waals surface area contributed by atoms with E-state index in [0.29, 0.717) is 12.1 Å². The third kappa shape index (κ3) is 2.79. The van der Waals surface area contributed by atoms with Gasteiger partial charge in [-0.15, -0.1) is 0 Å². The number of carbonyl (C=O) groups excluding carboxylic acids is 1. The van der Waals surface area contributed by atoms with E-state index in [4.69, 9.17) is 5.73 Å². The second kappa shape index (κ2) is 4.61. The van der Waals surface area contributed by atoms with Crippen LogP contribution in [-0.4, -0.2) is 12.3 Å². The monoisotopic (exact) mass is 235 g/mol. The molecule has 0 unspecified atom stereocenters. The van der Waals surface area contributed by atoms with Gasteiger partial charge in [-0.05, 0) is 18.7 Å². The molecule has 0 fully saturated rings. The van der Waals surface area contributed by atoms with E-state index in [-0.39, 0.29) is 18.5 Å². The lowest BCUT2D eigenvalue weighted by Crippen LogP contribution is -2.11. The van der Waals surface area contributed by atoms with Gasteiger partial charge in [0, 0.05) is 12.0 Å². The second-order valence-electron chi connectivity index (χ2n) is 3.15. The lowest BCUT2D eigenvalue weighted by molar-refractivity contribution is -0.140. The summed E-state index contributed by atoms with van der Waals surface area (Å²) < 4.78 is 49.6. The molecule has 0 spiro atoms. The largest absolute Gasteiger partial charge is 0.419 e. The molecule has 16 heavy (non-hydrogen) atoms. The van der Waals surface area contributed by atoms with Crippen molar-refractivity contribution in [1.29, 1.82) is 0 Å². The minimum atomic E-state index is -4.75. The van der Waals surface area contributed by atoms with Crippen LogP contribution in [0.2, 0.25) is 0 Å². The Morgan fingerprint density at radius 2 is 1.94 bits per heavy atom. The van der Waals surface area contributed by atoms with Crippen molar-refractivity contribution >= 4 is 5.78 Å². The molecule has 0 atom stereocenters. The summed E-state index contributed by atoms with van der Waals surface area (Å²) >= 11 is 0. The van der Waals surface area contributed by atoms with E-state index in [1.807, 2.05) is 0 Å². The first-order chi connectivity index (χ1) is 7.36. The zero-order valence-corrected chi connectivity index (χ0v) is 8.14. The third-order valence-electron chi connectivity index (χ3n) is 1.97. The Labute approximate surface area is 89.1 Å². The van der Waals surface area contributed by atoms with Crippen LogP contribution in [0.1, 0.15) is 22.3 Å². The topological polar surface area (TPSA) is 43.1 Å². The van der Waals surface area contributed by atoms with Gasteiger partial charge in [0.2, 0.25) is 0 Å². The van der Waals surface area contributed by atoms with Crippen LogP contribution in [0.5, 0.6) is 0 Å². The van der Waals surface area contributed by atoms with Gasteiger partial charge in [0.1, 0.15) is 5.82 Å². The fourth-order valence-corrected chi connectivity index (χ4v) is 1.19. The normalized spacial score (nSPS) is 11.6. The van der Waals surface area contributed by atoms with Crippen molar-refractivity contribution in [3.8, 4) is 0 Å². The molecule has 6 heteroatoms. The van der Waals surface area contributed by atoms with Crippen molar-refractivity contribution in [2.24, 2.45) is 5.73 Å². The van der Waals surface area contributed by atoms with Crippen LogP contribution in [0.4, 0.5) is 17.6 Å². The predicted molar refractivity (Wildman–Crippen MR) is 49.4 cm³/mol. The Bertz CT molecular complexity index is 400. The summed E-state index contributed by atoms with van der Waals surface area (Å²) in [6.07, 6.45) is -4.77. The molecule has 0 heterocycles. The summed E-state index contributed by atoms with van der Waals surface area (Å²) in [5.41, 5.74) is 3.63. The van der Waals surface area contributed by atoms with Crippen LogP contribution in [0.15, 0.2) is 18.2 Å². The molecule has 0 aliphatic heterocycles. The first-order valence-corrected chi connectivity index (χ1v) is 4.46. The molecule has 1 rings (SSSR count). The number of hydrogen-bond donors (Lipinski definition) is 1. The first-order valence-electron chi connectivity index (χ1n) is 4.46. The fraction of sp³-hybridized carbons (Fsp3) is 0.300. The van der Waals surface area contributed by atoms with Crippen molar-refractivity contribution in [2.45, 2.75) is 12.6 Å². The van der Waals surface area contributed by atoms with E-state index < -0.39 is 23.3 Å². The van der Waals surface area contributed by atoms with Crippen LogP contribution >= 0.6 is 0 Å². The fourth-order valence-electron chi connectivity index (χ4n) is 1.19. The zero-order valence-electron chi connectivity index (χ0n) is 8.14. The maximum absolute atomic E-state index is 13.0. The maximum Gasteiger partial charge on any atom is 0.419 e. The molecule has 2 nitrogen and oxygen atoms in total. The molecule has 88 valence electrons. The SMILES string of the molecule is NCCC(=O)c1ccc(C(F)(F)F)c(F)c1. The molecule has 0 bridgehead atoms. The van der Waals surface area contributed by atoms with Crippen LogP contribution in [0.25, 0.3) is 0 Å². The molecular weight excluding hydrogens is 226 g/mol. The highest BCUT2D eigenvalue weighted by Gasteiger charge is 2.34. The van der Waals surface area contributed by atoms with Crippen molar-refractivity contribution in [3.63, 3.8) is 0 Å². The Balaban J connectivity index is 3.05. The van der Waals surface area contributed by atoms with Gasteiger partial charge in [-0.2, -0.15) is 13.2 Å². The van der Waals surface area contributed by atoms with Crippen molar-refractivity contribution in [1.82, 2.24) is 0 Å². The second-order valence-corrected chi connectivity index (χ2v) is 3.15. The molecule has 0 amide bonds. The molecule has 0 aliphatic rings. The average Bonchev–Trinajstić information content (AvgIpc) is 2.16. The maximum atomic E-state index is 13.0. The smallest absolute Gasteiger partial charge is 0.330 e. The van der Waals surface area contributed by atoms with Gasteiger partial charge in [0.25, 0.3) is 0 Å². The quantitative estimate of drug-likeness (QED) is 0.645. The van der Waals surface area contributed by atoms with Crippen LogP contribution in [0, 0.1) is 5.82 Å². The summed E-state index contributed by atoms with van der Waals surface area (Å²) in [5.74, 6) is -1.93. The summed E-state index contributed by atoms with van der Waals surface area (Å²) in [5, 5.41) is 0. The number of rotatable bonds is 3. The van der Waals surface area contributed by atoms with Gasteiger partial charge in [-0.3, -0.25) is 4.79 Å². The van der Waals surface area contributed by atoms with Gasteiger partial charge >= 0.3 is 6.18 Å². The zero-order chi connectivity index (χ0) is 12.3. The molecule has 0 saturated carbocycles. The lowest BCUT2D eigenvalue weighted by atomic mass is 10.1. The highest BCUT2D eigenvalue weighted by molar-refractivity contribution is 5.96. The lowest BCUT2D eigenvalue weighted by Gasteiger charge is -2.08. The highest BCUT2D eigenvalue weighted by atomic mass is 19.4. The van der Waals surface area contributed by atoms with E-state index in [1.165, 1.54) is 0 Å². The van der Waals surface area contributed by atoms with Crippen molar-refractivity contribution < 1.29 is 22.4 Å². The minimum Gasteiger partial charge on any atom is -0.330 e. The van der Waals surface area contributed by atoms with Gasteiger partial charge < -0.3 is 5.73 Å². The molecule has 1 aromatic carbocycles. The molecule has 0 radical (unpaired) electrons. The Hall–Kier alpha value is -1.43. The Morgan fingerprint density at radius 3 is 2.38 bits per heavy atom.